The largest absolute Gasteiger partial charge is 0.495 e. The van der Waals surface area contributed by atoms with Crippen LogP contribution >= 0.6 is 0 Å². The first-order valence-electron chi connectivity index (χ1n) is 7.78. The number of rotatable bonds is 7. The Hall–Kier alpha value is -3.02. The van der Waals surface area contributed by atoms with Gasteiger partial charge in [-0.05, 0) is 43.2 Å². The molecule has 1 N–H and O–H groups in total. The maximum Gasteiger partial charge on any atom is 0.344 e. The summed E-state index contributed by atoms with van der Waals surface area (Å²) in [5.41, 5.74) is 2.47. The molecule has 6 heteroatoms. The minimum absolute atomic E-state index is 0.258. The molecule has 0 radical (unpaired) electrons. The van der Waals surface area contributed by atoms with E-state index in [4.69, 9.17) is 14.2 Å². The minimum Gasteiger partial charge on any atom is -0.495 e. The van der Waals surface area contributed by atoms with Crippen molar-refractivity contribution in [3.05, 3.63) is 53.6 Å². The molecular weight excluding hydrogens is 322 g/mol. The summed E-state index contributed by atoms with van der Waals surface area (Å²) < 4.78 is 15.5. The number of benzene rings is 2. The van der Waals surface area contributed by atoms with Gasteiger partial charge in [-0.25, -0.2) is 4.79 Å². The molecule has 0 heterocycles. The molecule has 0 spiro atoms. The zero-order valence-electron chi connectivity index (χ0n) is 14.5. The highest BCUT2D eigenvalue weighted by molar-refractivity contribution is 5.94. The van der Waals surface area contributed by atoms with E-state index in [2.05, 4.69) is 5.32 Å². The smallest absolute Gasteiger partial charge is 0.344 e. The van der Waals surface area contributed by atoms with Crippen LogP contribution in [0.25, 0.3) is 0 Å². The van der Waals surface area contributed by atoms with Gasteiger partial charge in [0.1, 0.15) is 11.5 Å². The van der Waals surface area contributed by atoms with Gasteiger partial charge in [0.05, 0.1) is 12.8 Å². The predicted octanol–water partition coefficient (Wildman–Crippen LogP) is 2.87. The molecule has 2 aromatic rings. The molecule has 0 bridgehead atoms. The molecule has 1 amide bonds. The molecule has 2 rings (SSSR count). The third kappa shape index (κ3) is 5.53. The topological polar surface area (TPSA) is 73.9 Å². The average Bonchev–Trinajstić information content (AvgIpc) is 2.61. The number of aryl methyl sites for hydroxylation is 2. The lowest BCUT2D eigenvalue weighted by Crippen LogP contribution is -2.24. The van der Waals surface area contributed by atoms with Crippen molar-refractivity contribution in [3.8, 4) is 11.5 Å². The SMILES string of the molecule is COc1ccccc1NC(=O)COC(=O)COc1cc(C)ccc1C. The molecule has 0 aliphatic carbocycles. The van der Waals surface area contributed by atoms with Crippen LogP contribution in [0.15, 0.2) is 42.5 Å². The van der Waals surface area contributed by atoms with Gasteiger partial charge >= 0.3 is 5.97 Å². The monoisotopic (exact) mass is 343 g/mol. The zero-order valence-corrected chi connectivity index (χ0v) is 14.5. The molecule has 0 unspecified atom stereocenters. The second-order valence-corrected chi connectivity index (χ2v) is 5.47. The predicted molar refractivity (Wildman–Crippen MR) is 94.0 cm³/mol. The first-order chi connectivity index (χ1) is 12.0. The number of ether oxygens (including phenoxy) is 3. The van der Waals surface area contributed by atoms with Crippen molar-refractivity contribution in [3.63, 3.8) is 0 Å². The van der Waals surface area contributed by atoms with Crippen molar-refractivity contribution in [2.75, 3.05) is 25.6 Å². The highest BCUT2D eigenvalue weighted by atomic mass is 16.6. The third-order valence-electron chi connectivity index (χ3n) is 3.43. The number of hydrogen-bond acceptors (Lipinski definition) is 5. The summed E-state index contributed by atoms with van der Waals surface area (Å²) in [7, 11) is 1.51. The van der Waals surface area contributed by atoms with Gasteiger partial charge in [-0.2, -0.15) is 0 Å². The molecule has 6 nitrogen and oxygen atoms in total. The van der Waals surface area contributed by atoms with E-state index in [-0.39, 0.29) is 6.61 Å². The fraction of sp³-hybridized carbons (Fsp3) is 0.263. The number of methoxy groups -OCH3 is 1. The van der Waals surface area contributed by atoms with E-state index in [9.17, 15) is 9.59 Å². The van der Waals surface area contributed by atoms with Crippen LogP contribution in [-0.2, 0) is 14.3 Å². The summed E-state index contributed by atoms with van der Waals surface area (Å²) in [6.07, 6.45) is 0. The van der Waals surface area contributed by atoms with Crippen LogP contribution in [0.2, 0.25) is 0 Å². The Labute approximate surface area is 146 Å². The molecular formula is C19H21NO5. The van der Waals surface area contributed by atoms with E-state index in [0.29, 0.717) is 17.2 Å². The van der Waals surface area contributed by atoms with Crippen LogP contribution < -0.4 is 14.8 Å². The Kier molecular flexibility index (Phi) is 6.39. The Morgan fingerprint density at radius 3 is 2.52 bits per heavy atom. The average molecular weight is 343 g/mol. The molecule has 0 saturated carbocycles. The molecule has 25 heavy (non-hydrogen) atoms. The number of amides is 1. The van der Waals surface area contributed by atoms with Crippen LogP contribution in [0.4, 0.5) is 5.69 Å². The number of carbonyl (C=O) groups is 2. The van der Waals surface area contributed by atoms with Gasteiger partial charge in [-0.15, -0.1) is 0 Å². The van der Waals surface area contributed by atoms with Gasteiger partial charge < -0.3 is 19.5 Å². The standard InChI is InChI=1S/C19H21NO5/c1-13-8-9-14(2)17(10-13)24-12-19(22)25-11-18(21)20-15-6-4-5-7-16(15)23-3/h4-10H,11-12H2,1-3H3,(H,20,21). The molecule has 0 aromatic heterocycles. The zero-order chi connectivity index (χ0) is 18.2. The van der Waals surface area contributed by atoms with Crippen molar-refractivity contribution in [1.82, 2.24) is 0 Å². The van der Waals surface area contributed by atoms with Crippen molar-refractivity contribution >= 4 is 17.6 Å². The van der Waals surface area contributed by atoms with E-state index in [1.807, 2.05) is 32.0 Å². The van der Waals surface area contributed by atoms with Crippen LogP contribution in [0.3, 0.4) is 0 Å². The molecule has 0 fully saturated rings. The number of anilines is 1. The summed E-state index contributed by atoms with van der Waals surface area (Å²) in [5.74, 6) is 0.0801. The van der Waals surface area contributed by atoms with Crippen LogP contribution in [-0.4, -0.2) is 32.2 Å². The molecule has 0 saturated heterocycles. The highest BCUT2D eigenvalue weighted by Gasteiger charge is 2.11. The fourth-order valence-corrected chi connectivity index (χ4v) is 2.12. The Morgan fingerprint density at radius 1 is 1.00 bits per heavy atom. The van der Waals surface area contributed by atoms with Gasteiger partial charge in [-0.3, -0.25) is 4.79 Å². The van der Waals surface area contributed by atoms with Gasteiger partial charge in [0.25, 0.3) is 5.91 Å². The van der Waals surface area contributed by atoms with Gasteiger partial charge in [0.2, 0.25) is 0 Å². The van der Waals surface area contributed by atoms with Crippen LogP contribution in [0.1, 0.15) is 11.1 Å². The quantitative estimate of drug-likeness (QED) is 0.783. The van der Waals surface area contributed by atoms with Gasteiger partial charge in [-0.1, -0.05) is 24.3 Å². The van der Waals surface area contributed by atoms with Crippen molar-refractivity contribution in [2.45, 2.75) is 13.8 Å². The molecule has 0 atom stereocenters. The van der Waals surface area contributed by atoms with Crippen molar-refractivity contribution in [1.29, 1.82) is 0 Å². The van der Waals surface area contributed by atoms with E-state index in [1.165, 1.54) is 7.11 Å². The van der Waals surface area contributed by atoms with Crippen LogP contribution in [0.5, 0.6) is 11.5 Å². The first-order valence-corrected chi connectivity index (χ1v) is 7.78. The first kappa shape index (κ1) is 18.3. The fourth-order valence-electron chi connectivity index (χ4n) is 2.12. The Balaban J connectivity index is 1.79. The number of hydrogen-bond donors (Lipinski definition) is 1. The van der Waals surface area contributed by atoms with Crippen molar-refractivity contribution < 1.29 is 23.8 Å². The third-order valence-corrected chi connectivity index (χ3v) is 3.43. The summed E-state index contributed by atoms with van der Waals surface area (Å²) in [6.45, 7) is 3.17. The van der Waals surface area contributed by atoms with E-state index >= 15 is 0 Å². The lowest BCUT2D eigenvalue weighted by atomic mass is 10.1. The Bertz CT molecular complexity index is 757. The lowest BCUT2D eigenvalue weighted by molar-refractivity contribution is -0.149. The highest BCUT2D eigenvalue weighted by Crippen LogP contribution is 2.22. The molecule has 0 aliphatic heterocycles. The number of esters is 1. The second kappa shape index (κ2) is 8.73. The number of nitrogens with one attached hydrogen (secondary N) is 1. The van der Waals surface area contributed by atoms with Gasteiger partial charge in [0, 0.05) is 0 Å². The molecule has 132 valence electrons. The number of para-hydroxylation sites is 2. The minimum atomic E-state index is -0.615. The van der Waals surface area contributed by atoms with Gasteiger partial charge in [0.15, 0.2) is 13.2 Å². The van der Waals surface area contributed by atoms with E-state index < -0.39 is 18.5 Å². The van der Waals surface area contributed by atoms with E-state index in [1.54, 1.807) is 24.3 Å². The molecule has 0 aliphatic rings. The summed E-state index contributed by atoms with van der Waals surface area (Å²) >= 11 is 0. The summed E-state index contributed by atoms with van der Waals surface area (Å²) in [5, 5.41) is 2.63. The van der Waals surface area contributed by atoms with Crippen LogP contribution in [0, 0.1) is 13.8 Å². The summed E-state index contributed by atoms with van der Waals surface area (Å²) in [6, 6.07) is 12.7. The maximum atomic E-state index is 11.9. The number of carbonyl (C=O) groups excluding carboxylic acids is 2. The lowest BCUT2D eigenvalue weighted by Gasteiger charge is -2.11. The van der Waals surface area contributed by atoms with E-state index in [0.717, 1.165) is 11.1 Å². The van der Waals surface area contributed by atoms with Crippen molar-refractivity contribution in [2.24, 2.45) is 0 Å². The molecule has 2 aromatic carbocycles. The second-order valence-electron chi connectivity index (χ2n) is 5.47. The maximum absolute atomic E-state index is 11.9. The normalized spacial score (nSPS) is 10.0. The summed E-state index contributed by atoms with van der Waals surface area (Å²) in [4.78, 5) is 23.6. The Morgan fingerprint density at radius 2 is 1.76 bits per heavy atom.